The van der Waals surface area contributed by atoms with Gasteiger partial charge in [-0.25, -0.2) is 4.39 Å². The third-order valence-electron chi connectivity index (χ3n) is 5.79. The summed E-state index contributed by atoms with van der Waals surface area (Å²) in [4.78, 5) is 27.1. The zero-order valence-electron chi connectivity index (χ0n) is 16.2. The van der Waals surface area contributed by atoms with Crippen molar-refractivity contribution in [2.45, 2.75) is 43.8 Å². The number of nitrogens with zero attached hydrogens (tertiary/aromatic N) is 1. The zero-order valence-corrected chi connectivity index (χ0v) is 17.0. The summed E-state index contributed by atoms with van der Waals surface area (Å²) in [6.45, 7) is 0. The summed E-state index contributed by atoms with van der Waals surface area (Å²) >= 11 is 0. The predicted octanol–water partition coefficient (Wildman–Crippen LogP) is 3.85. The lowest BCUT2D eigenvalue weighted by atomic mass is 9.98. The van der Waals surface area contributed by atoms with Crippen LogP contribution >= 0.6 is 12.4 Å². The van der Waals surface area contributed by atoms with E-state index < -0.39 is 5.82 Å². The molecule has 2 amide bonds. The van der Waals surface area contributed by atoms with Gasteiger partial charge in [0.15, 0.2) is 0 Å². The van der Waals surface area contributed by atoms with E-state index in [1.807, 2.05) is 11.9 Å². The van der Waals surface area contributed by atoms with Gasteiger partial charge in [0.1, 0.15) is 5.82 Å². The minimum atomic E-state index is -0.390. The van der Waals surface area contributed by atoms with Crippen LogP contribution in [0.1, 0.15) is 46.4 Å². The van der Waals surface area contributed by atoms with Crippen molar-refractivity contribution in [1.29, 1.82) is 0 Å². The minimum absolute atomic E-state index is 0. The van der Waals surface area contributed by atoms with E-state index in [0.29, 0.717) is 28.9 Å². The topological polar surface area (TPSA) is 61.4 Å². The van der Waals surface area contributed by atoms with E-state index in [1.165, 1.54) is 37.1 Å². The van der Waals surface area contributed by atoms with Crippen LogP contribution in [0.4, 0.5) is 10.1 Å². The number of benzene rings is 2. The molecule has 2 bridgehead atoms. The average Bonchev–Trinajstić information content (AvgIpc) is 3.05. The first-order chi connectivity index (χ1) is 13.5. The molecule has 154 valence electrons. The van der Waals surface area contributed by atoms with Crippen molar-refractivity contribution in [1.82, 2.24) is 10.2 Å². The largest absolute Gasteiger partial charge is 0.339 e. The molecule has 4 rings (SSSR count). The smallest absolute Gasteiger partial charge is 0.255 e. The van der Waals surface area contributed by atoms with Crippen LogP contribution in [0.15, 0.2) is 48.5 Å². The zero-order chi connectivity index (χ0) is 19.7. The molecule has 2 fully saturated rings. The summed E-state index contributed by atoms with van der Waals surface area (Å²) in [5.41, 5.74) is 1.45. The van der Waals surface area contributed by atoms with Crippen LogP contribution in [-0.2, 0) is 0 Å². The van der Waals surface area contributed by atoms with Gasteiger partial charge in [0.05, 0.1) is 0 Å². The molecule has 2 aromatic carbocycles. The Morgan fingerprint density at radius 1 is 1.03 bits per heavy atom. The Morgan fingerprint density at radius 2 is 1.69 bits per heavy atom. The van der Waals surface area contributed by atoms with Crippen molar-refractivity contribution in [3.63, 3.8) is 0 Å². The average molecular weight is 418 g/mol. The van der Waals surface area contributed by atoms with Gasteiger partial charge in [-0.3, -0.25) is 9.59 Å². The van der Waals surface area contributed by atoms with E-state index in [2.05, 4.69) is 10.6 Å². The Kier molecular flexibility index (Phi) is 6.55. The van der Waals surface area contributed by atoms with Gasteiger partial charge < -0.3 is 15.5 Å². The van der Waals surface area contributed by atoms with E-state index in [0.717, 1.165) is 12.8 Å². The molecule has 0 radical (unpaired) electrons. The fraction of sp³-hybridized carbons (Fsp3) is 0.364. The Hall–Kier alpha value is -2.44. The highest BCUT2D eigenvalue weighted by atomic mass is 35.5. The number of halogens is 2. The summed E-state index contributed by atoms with van der Waals surface area (Å²) in [5.74, 6) is -0.768. The van der Waals surface area contributed by atoms with Crippen molar-refractivity contribution >= 4 is 29.9 Å². The second-order valence-corrected chi connectivity index (χ2v) is 7.72. The number of carbonyl (C=O) groups is 2. The number of hydrogen-bond acceptors (Lipinski definition) is 3. The quantitative estimate of drug-likeness (QED) is 0.794. The molecule has 7 heteroatoms. The number of anilines is 1. The van der Waals surface area contributed by atoms with Crippen LogP contribution in [0, 0.1) is 5.82 Å². The molecule has 0 aromatic heterocycles. The van der Waals surface area contributed by atoms with Crippen molar-refractivity contribution in [2.75, 3.05) is 12.4 Å². The van der Waals surface area contributed by atoms with Crippen molar-refractivity contribution in [2.24, 2.45) is 0 Å². The summed E-state index contributed by atoms with van der Waals surface area (Å²) in [6.07, 6.45) is 4.35. The Morgan fingerprint density at radius 3 is 2.34 bits per heavy atom. The van der Waals surface area contributed by atoms with Crippen molar-refractivity contribution in [3.8, 4) is 0 Å². The highest BCUT2D eigenvalue weighted by Gasteiger charge is 2.36. The molecule has 2 aliphatic heterocycles. The molecule has 5 nitrogen and oxygen atoms in total. The second-order valence-electron chi connectivity index (χ2n) is 7.72. The first-order valence-corrected chi connectivity index (χ1v) is 9.70. The third kappa shape index (κ3) is 4.77. The van der Waals surface area contributed by atoms with Crippen LogP contribution in [-0.4, -0.2) is 41.9 Å². The van der Waals surface area contributed by atoms with E-state index in [-0.39, 0.29) is 30.3 Å². The molecule has 0 aliphatic carbocycles. The van der Waals surface area contributed by atoms with E-state index in [4.69, 9.17) is 0 Å². The maximum atomic E-state index is 13.0. The van der Waals surface area contributed by atoms with Crippen LogP contribution in [0.3, 0.4) is 0 Å². The molecule has 2 heterocycles. The third-order valence-corrected chi connectivity index (χ3v) is 5.79. The monoisotopic (exact) mass is 417 g/mol. The van der Waals surface area contributed by atoms with E-state index in [9.17, 15) is 14.0 Å². The lowest BCUT2D eigenvalue weighted by molar-refractivity contribution is 0.0681. The molecular weight excluding hydrogens is 393 g/mol. The summed E-state index contributed by atoms with van der Waals surface area (Å²) in [6, 6.07) is 13.6. The van der Waals surface area contributed by atoms with Crippen molar-refractivity contribution < 1.29 is 14.0 Å². The fourth-order valence-corrected chi connectivity index (χ4v) is 4.25. The van der Waals surface area contributed by atoms with Gasteiger partial charge in [0.25, 0.3) is 11.8 Å². The lowest BCUT2D eigenvalue weighted by Gasteiger charge is -2.35. The Labute approximate surface area is 176 Å². The van der Waals surface area contributed by atoms with Gasteiger partial charge in [0.2, 0.25) is 0 Å². The summed E-state index contributed by atoms with van der Waals surface area (Å²) in [5, 5.41) is 6.37. The van der Waals surface area contributed by atoms with Crippen molar-refractivity contribution in [3.05, 3.63) is 65.5 Å². The molecule has 2 N–H and O–H groups in total. The van der Waals surface area contributed by atoms with Gasteiger partial charge in [-0.15, -0.1) is 12.4 Å². The van der Waals surface area contributed by atoms with Gasteiger partial charge in [0, 0.05) is 42.0 Å². The highest BCUT2D eigenvalue weighted by molar-refractivity contribution is 6.05. The molecule has 2 saturated heterocycles. The molecular formula is C22H25ClFN3O2. The second kappa shape index (κ2) is 8.93. The van der Waals surface area contributed by atoms with Gasteiger partial charge in [-0.1, -0.05) is 6.07 Å². The standard InChI is InChI=1S/C22H24FN3O2.ClH/c1-26(20-12-18-9-10-19(13-20)24-18)22(28)15-3-2-4-17(11-15)25-21(27)14-5-7-16(23)8-6-14;/h2-8,11,18-20,24H,9-10,12-13H2,1H3,(H,25,27);1H. The Bertz CT molecular complexity index is 878. The number of carbonyl (C=O) groups excluding carboxylic acids is 2. The maximum absolute atomic E-state index is 13.0. The van der Waals surface area contributed by atoms with Gasteiger partial charge in [-0.05, 0) is 68.1 Å². The molecule has 2 aliphatic rings. The van der Waals surface area contributed by atoms with Crippen LogP contribution in [0.2, 0.25) is 0 Å². The predicted molar refractivity (Wildman–Crippen MR) is 113 cm³/mol. The fourth-order valence-electron chi connectivity index (χ4n) is 4.25. The number of piperidine rings is 1. The molecule has 0 saturated carbocycles. The summed E-state index contributed by atoms with van der Waals surface area (Å²) in [7, 11) is 1.86. The molecule has 2 unspecified atom stereocenters. The number of hydrogen-bond donors (Lipinski definition) is 2. The van der Waals surface area contributed by atoms with E-state index in [1.54, 1.807) is 24.3 Å². The normalized spacial score (nSPS) is 22.5. The number of amides is 2. The lowest BCUT2D eigenvalue weighted by Crippen LogP contribution is -2.48. The number of fused-ring (bicyclic) bond motifs is 2. The molecule has 2 atom stereocenters. The van der Waals surface area contributed by atoms with Crippen LogP contribution in [0.5, 0.6) is 0 Å². The molecule has 29 heavy (non-hydrogen) atoms. The SMILES string of the molecule is CN(C(=O)c1cccc(NC(=O)c2ccc(F)cc2)c1)C1CC2CCC(C1)N2.Cl. The van der Waals surface area contributed by atoms with Gasteiger partial charge in [-0.2, -0.15) is 0 Å². The first-order valence-electron chi connectivity index (χ1n) is 9.70. The summed E-state index contributed by atoms with van der Waals surface area (Å²) < 4.78 is 13.0. The molecule has 0 spiro atoms. The first kappa shape index (κ1) is 21.3. The van der Waals surface area contributed by atoms with Gasteiger partial charge >= 0.3 is 0 Å². The number of rotatable bonds is 4. The minimum Gasteiger partial charge on any atom is -0.339 e. The number of nitrogens with one attached hydrogen (secondary N) is 2. The molecule has 2 aromatic rings. The van der Waals surface area contributed by atoms with E-state index >= 15 is 0 Å². The maximum Gasteiger partial charge on any atom is 0.255 e. The van der Waals surface area contributed by atoms with Crippen LogP contribution < -0.4 is 10.6 Å². The van der Waals surface area contributed by atoms with Crippen LogP contribution in [0.25, 0.3) is 0 Å². The Balaban J connectivity index is 0.00000240. The highest BCUT2D eigenvalue weighted by Crippen LogP contribution is 2.30.